The van der Waals surface area contributed by atoms with Gasteiger partial charge in [0, 0.05) is 5.56 Å². The summed E-state index contributed by atoms with van der Waals surface area (Å²) < 4.78 is 50.8. The average molecular weight is 628 g/mol. The first-order valence-electron chi connectivity index (χ1n) is 13.6. The summed E-state index contributed by atoms with van der Waals surface area (Å²) in [5.41, 5.74) is 4.81. The summed E-state index contributed by atoms with van der Waals surface area (Å²) in [6.45, 7) is 20.4. The van der Waals surface area contributed by atoms with Gasteiger partial charge < -0.3 is 24.6 Å². The Bertz CT molecular complexity index is 1290. The Labute approximate surface area is 245 Å². The Hall–Kier alpha value is -2.08. The molecule has 230 valence electrons. The van der Waals surface area contributed by atoms with Crippen LogP contribution in [0.15, 0.2) is 41.4 Å². The summed E-state index contributed by atoms with van der Waals surface area (Å²) >= 11 is 0. The number of nitrogens with one attached hydrogen (secondary N) is 2. The predicted octanol–water partition coefficient (Wildman–Crippen LogP) is 4.16. The van der Waals surface area contributed by atoms with E-state index in [1.165, 1.54) is 0 Å². The highest BCUT2D eigenvalue weighted by Gasteiger charge is 2.67. The zero-order valence-corrected chi connectivity index (χ0v) is 28.5. The molecule has 0 bridgehead atoms. The Morgan fingerprint density at radius 2 is 1.56 bits per heavy atom. The Kier molecular flexibility index (Phi) is 9.14. The van der Waals surface area contributed by atoms with Crippen molar-refractivity contribution in [1.82, 2.24) is 10.6 Å². The highest BCUT2D eigenvalue weighted by Crippen LogP contribution is 2.49. The second-order valence-corrected chi connectivity index (χ2v) is 24.6. The highest BCUT2D eigenvalue weighted by atomic mass is 32.2. The maximum Gasteiger partial charge on any atom is 0.323 e. The minimum absolute atomic E-state index is 0.0549. The zero-order valence-electron chi connectivity index (χ0n) is 25.7. The third-order valence-corrected chi connectivity index (χ3v) is 18.6. The fourth-order valence-corrected chi connectivity index (χ4v) is 7.58. The monoisotopic (exact) mass is 627 g/mol. The molecule has 4 N–H and O–H groups in total. The van der Waals surface area contributed by atoms with E-state index in [9.17, 15) is 18.0 Å². The molecule has 4 atom stereocenters. The smallest absolute Gasteiger partial charge is 0.323 e. The summed E-state index contributed by atoms with van der Waals surface area (Å²) in [5, 5.41) is 5.37. The van der Waals surface area contributed by atoms with Crippen molar-refractivity contribution in [3.8, 4) is 0 Å². The van der Waals surface area contributed by atoms with E-state index in [0.29, 0.717) is 5.56 Å². The molecule has 11 nitrogen and oxygen atoms in total. The highest BCUT2D eigenvalue weighted by molar-refractivity contribution is 7.90. The van der Waals surface area contributed by atoms with Gasteiger partial charge in [-0.1, -0.05) is 59.7 Å². The SMILES string of the molecule is CC(C)(C)[Si](C)(C)OC[C@H]1O[C@@H](NC(=O)NC(=O)c2ccccc2)[C@H](O[Si](C)(C)C(C)(C)C)[C@]12OS(=O)(=O)C=C2N. The van der Waals surface area contributed by atoms with Crippen LogP contribution in [0.25, 0.3) is 0 Å². The Balaban J connectivity index is 2.02. The standard InChI is InChI=1S/C27H45N3O8SSi2/c1-25(2,3)40(7,8)35-16-20-27(19(28)17-39(33,34)38-27)21(37-41(9,10)26(4,5)6)23(36-20)30-24(32)29-22(31)18-14-12-11-13-15-18/h11-15,17,20-21,23H,16,28H2,1-10H3,(H2,29,30,31,32)/t20-,21+,23-,27-/m1/s1. The van der Waals surface area contributed by atoms with E-state index in [4.69, 9.17) is 23.5 Å². The van der Waals surface area contributed by atoms with E-state index in [2.05, 4.69) is 44.5 Å². The molecule has 2 heterocycles. The van der Waals surface area contributed by atoms with Gasteiger partial charge >= 0.3 is 6.03 Å². The summed E-state index contributed by atoms with van der Waals surface area (Å²) in [5.74, 6) is -0.616. The van der Waals surface area contributed by atoms with Crippen LogP contribution in [0.1, 0.15) is 51.9 Å². The molecule has 2 aliphatic rings. The molecule has 3 rings (SSSR count). The lowest BCUT2D eigenvalue weighted by Crippen LogP contribution is -2.61. The van der Waals surface area contributed by atoms with E-state index in [1.54, 1.807) is 30.3 Å². The van der Waals surface area contributed by atoms with Crippen LogP contribution in [0.5, 0.6) is 0 Å². The molecule has 41 heavy (non-hydrogen) atoms. The van der Waals surface area contributed by atoms with Gasteiger partial charge in [-0.15, -0.1) is 0 Å². The maximum atomic E-state index is 13.1. The molecular formula is C27H45N3O8SSi2. The average Bonchev–Trinajstić information content (AvgIpc) is 3.22. The molecule has 1 fully saturated rings. The van der Waals surface area contributed by atoms with Crippen LogP contribution in [0.2, 0.25) is 36.3 Å². The van der Waals surface area contributed by atoms with Gasteiger partial charge in [0.25, 0.3) is 16.0 Å². The third-order valence-electron chi connectivity index (χ3n) is 8.63. The molecule has 0 radical (unpaired) electrons. The van der Waals surface area contributed by atoms with Crippen LogP contribution in [-0.2, 0) is 27.9 Å². The molecule has 2 aliphatic heterocycles. The number of carbonyl (C=O) groups excluding carboxylic acids is 2. The summed E-state index contributed by atoms with van der Waals surface area (Å²) in [6, 6.07) is 7.41. The number of rotatable bonds is 7. The van der Waals surface area contributed by atoms with Crippen molar-refractivity contribution in [2.75, 3.05) is 6.61 Å². The molecule has 3 amide bonds. The van der Waals surface area contributed by atoms with Crippen molar-refractivity contribution in [2.24, 2.45) is 5.73 Å². The minimum Gasteiger partial charge on any atom is -0.414 e. The molecule has 1 aromatic carbocycles. The Morgan fingerprint density at radius 3 is 2.05 bits per heavy atom. The number of benzene rings is 1. The fraction of sp³-hybridized carbons (Fsp3) is 0.630. The van der Waals surface area contributed by atoms with Gasteiger partial charge in [-0.2, -0.15) is 8.42 Å². The van der Waals surface area contributed by atoms with Gasteiger partial charge in [-0.25, -0.2) is 8.98 Å². The van der Waals surface area contributed by atoms with Crippen LogP contribution in [0.3, 0.4) is 0 Å². The second-order valence-electron chi connectivity index (χ2n) is 13.7. The van der Waals surface area contributed by atoms with Crippen LogP contribution in [0.4, 0.5) is 4.79 Å². The summed E-state index contributed by atoms with van der Waals surface area (Å²) in [6.07, 6.45) is -3.43. The number of ether oxygens (including phenoxy) is 1. The lowest BCUT2D eigenvalue weighted by molar-refractivity contribution is -0.0420. The van der Waals surface area contributed by atoms with Gasteiger partial charge in [0.05, 0.1) is 17.7 Å². The Morgan fingerprint density at radius 1 is 1.00 bits per heavy atom. The second kappa shape index (κ2) is 11.2. The minimum atomic E-state index is -4.19. The summed E-state index contributed by atoms with van der Waals surface area (Å²) in [7, 11) is -9.17. The van der Waals surface area contributed by atoms with Gasteiger partial charge in [-0.3, -0.25) is 10.1 Å². The van der Waals surface area contributed by atoms with Gasteiger partial charge in [0.15, 0.2) is 28.5 Å². The topological polar surface area (TPSA) is 155 Å². The van der Waals surface area contributed by atoms with Crippen LogP contribution >= 0.6 is 0 Å². The number of urea groups is 1. The molecule has 14 heteroatoms. The molecule has 1 spiro atoms. The molecular weight excluding hydrogens is 583 g/mol. The first kappa shape index (κ1) is 33.4. The van der Waals surface area contributed by atoms with Crippen molar-refractivity contribution in [3.05, 3.63) is 47.0 Å². The van der Waals surface area contributed by atoms with E-state index in [-0.39, 0.29) is 22.4 Å². The van der Waals surface area contributed by atoms with E-state index in [0.717, 1.165) is 5.41 Å². The molecule has 0 aliphatic carbocycles. The van der Waals surface area contributed by atoms with Crippen LogP contribution < -0.4 is 16.4 Å². The van der Waals surface area contributed by atoms with E-state index in [1.807, 2.05) is 33.9 Å². The number of hydrogen-bond acceptors (Lipinski definition) is 9. The van der Waals surface area contributed by atoms with Gasteiger partial charge in [-0.05, 0) is 48.4 Å². The van der Waals surface area contributed by atoms with Crippen molar-refractivity contribution in [3.63, 3.8) is 0 Å². The number of hydrogen-bond donors (Lipinski definition) is 3. The van der Waals surface area contributed by atoms with Crippen molar-refractivity contribution in [2.45, 2.75) is 102 Å². The number of carbonyl (C=O) groups is 2. The lowest BCUT2D eigenvalue weighted by Gasteiger charge is -2.43. The molecule has 1 aromatic rings. The number of nitrogens with two attached hydrogens (primary N) is 1. The quantitative estimate of drug-likeness (QED) is 0.298. The van der Waals surface area contributed by atoms with Crippen LogP contribution in [-0.4, -0.2) is 67.6 Å². The van der Waals surface area contributed by atoms with Crippen molar-refractivity contribution < 1.29 is 35.8 Å². The zero-order chi connectivity index (χ0) is 31.2. The molecule has 0 aromatic heterocycles. The lowest BCUT2D eigenvalue weighted by atomic mass is 9.89. The largest absolute Gasteiger partial charge is 0.414 e. The normalized spacial score (nSPS) is 26.6. The third kappa shape index (κ3) is 6.95. The van der Waals surface area contributed by atoms with E-state index >= 15 is 0 Å². The number of amides is 3. The van der Waals surface area contributed by atoms with Crippen molar-refractivity contribution >= 4 is 38.7 Å². The first-order chi connectivity index (χ1) is 18.5. The van der Waals surface area contributed by atoms with Gasteiger partial charge in [0.1, 0.15) is 12.2 Å². The number of imide groups is 1. The first-order valence-corrected chi connectivity index (χ1v) is 20.9. The van der Waals surface area contributed by atoms with E-state index < -0.39 is 62.7 Å². The molecule has 1 saturated heterocycles. The van der Waals surface area contributed by atoms with Crippen molar-refractivity contribution in [1.29, 1.82) is 0 Å². The van der Waals surface area contributed by atoms with Gasteiger partial charge in [0.2, 0.25) is 0 Å². The maximum absolute atomic E-state index is 13.1. The summed E-state index contributed by atoms with van der Waals surface area (Å²) in [4.78, 5) is 25.7. The van der Waals surface area contributed by atoms with Crippen LogP contribution in [0, 0.1) is 0 Å². The molecule has 0 unspecified atom stereocenters. The fourth-order valence-electron chi connectivity index (χ4n) is 4.07. The predicted molar refractivity (Wildman–Crippen MR) is 161 cm³/mol. The molecule has 0 saturated carbocycles.